The van der Waals surface area contributed by atoms with Gasteiger partial charge in [0.25, 0.3) is 0 Å². The van der Waals surface area contributed by atoms with E-state index in [1.165, 1.54) is 42.0 Å². The largest absolute Gasteiger partial charge is 0.417 e. The van der Waals surface area contributed by atoms with Gasteiger partial charge in [0, 0.05) is 36.1 Å². The highest BCUT2D eigenvalue weighted by Crippen LogP contribution is 2.51. The highest BCUT2D eigenvalue weighted by molar-refractivity contribution is 7.91. The zero-order valence-corrected chi connectivity index (χ0v) is 20.7. The average Bonchev–Trinajstić information content (AvgIpc) is 3.25. The second kappa shape index (κ2) is 8.28. The predicted molar refractivity (Wildman–Crippen MR) is 136 cm³/mol. The van der Waals surface area contributed by atoms with Gasteiger partial charge >= 0.3 is 6.09 Å². The van der Waals surface area contributed by atoms with Crippen molar-refractivity contribution in [2.24, 2.45) is 0 Å². The molecule has 2 atom stereocenters. The van der Waals surface area contributed by atoms with Crippen LogP contribution in [0.3, 0.4) is 0 Å². The van der Waals surface area contributed by atoms with Crippen molar-refractivity contribution in [3.05, 3.63) is 72.3 Å². The molecule has 2 heterocycles. The summed E-state index contributed by atoms with van der Waals surface area (Å²) in [7, 11) is 0.549. The number of likely N-dealkylation sites (tertiary alicyclic amines) is 1. The molecule has 1 saturated heterocycles. The first-order chi connectivity index (χ1) is 16.6. The van der Waals surface area contributed by atoms with Crippen molar-refractivity contribution in [3.63, 3.8) is 0 Å². The number of nitrogens with two attached hydrogens (primary N) is 1. The summed E-state index contributed by atoms with van der Waals surface area (Å²) in [6, 6.07) is 17.7. The quantitative estimate of drug-likeness (QED) is 0.529. The second-order valence-corrected chi connectivity index (χ2v) is 11.4. The van der Waals surface area contributed by atoms with Crippen LogP contribution in [0.2, 0.25) is 0 Å². The van der Waals surface area contributed by atoms with E-state index >= 15 is 0 Å². The molecule has 5 rings (SSSR count). The molecule has 182 valence electrons. The summed E-state index contributed by atoms with van der Waals surface area (Å²) >= 11 is 0. The third-order valence-corrected chi connectivity index (χ3v) is 8.90. The minimum absolute atomic E-state index is 0.0273. The number of nitrogens with one attached hydrogen (secondary N) is 1. The Morgan fingerprint density at radius 1 is 1.03 bits per heavy atom. The van der Waals surface area contributed by atoms with Crippen LogP contribution in [0.25, 0.3) is 0 Å². The molecule has 0 radical (unpaired) electrons. The number of carbonyl (C=O) groups excluding carboxylic acids is 1. The minimum Gasteiger partial charge on any atom is -0.410 e. The molecule has 3 N–H and O–H groups in total. The van der Waals surface area contributed by atoms with Crippen LogP contribution in [0, 0.1) is 0 Å². The molecule has 0 bridgehead atoms. The predicted octanol–water partition coefficient (Wildman–Crippen LogP) is 4.08. The molecule has 0 aromatic heterocycles. The molecule has 1 fully saturated rings. The lowest BCUT2D eigenvalue weighted by atomic mass is 9.81. The molecular formula is C26H28N4O4S. The average molecular weight is 493 g/mol. The zero-order chi connectivity index (χ0) is 25.0. The minimum atomic E-state index is -3.68. The first-order valence-electron chi connectivity index (χ1n) is 11.4. The van der Waals surface area contributed by atoms with E-state index in [0.29, 0.717) is 17.1 Å². The molecule has 2 aliphatic rings. The molecule has 9 heteroatoms. The number of fused-ring (bicyclic) bond motifs is 3. The first-order valence-corrected chi connectivity index (χ1v) is 12.8. The van der Waals surface area contributed by atoms with E-state index in [2.05, 4.69) is 36.1 Å². The lowest BCUT2D eigenvalue weighted by Crippen LogP contribution is -2.45. The van der Waals surface area contributed by atoms with Crippen LogP contribution in [0.4, 0.5) is 21.9 Å². The van der Waals surface area contributed by atoms with Crippen molar-refractivity contribution in [1.29, 1.82) is 0 Å². The van der Waals surface area contributed by atoms with Gasteiger partial charge in [-0.25, -0.2) is 13.2 Å². The SMILES string of the molecule is CN1CC[C@@]2(C)c3cc(OC(=O)Nc4ccc(S(=O)(=O)c5ccc(N)cc5)cc4)ccc3N(C)[C@@H]12. The number of hydrogen-bond donors (Lipinski definition) is 2. The molecule has 1 amide bonds. The highest BCUT2D eigenvalue weighted by atomic mass is 32.2. The van der Waals surface area contributed by atoms with Crippen LogP contribution in [0.1, 0.15) is 18.9 Å². The Bertz CT molecular complexity index is 1390. The van der Waals surface area contributed by atoms with Crippen LogP contribution in [-0.2, 0) is 15.3 Å². The van der Waals surface area contributed by atoms with Gasteiger partial charge in [0.15, 0.2) is 0 Å². The fraction of sp³-hybridized carbons (Fsp3) is 0.269. The number of rotatable bonds is 4. The number of ether oxygens (including phenoxy) is 1. The van der Waals surface area contributed by atoms with Crippen LogP contribution in [0.5, 0.6) is 5.75 Å². The number of anilines is 3. The molecular weight excluding hydrogens is 464 g/mol. The maximum Gasteiger partial charge on any atom is 0.417 e. The standard InChI is InChI=1S/C26H28N4O4S/c1-26-14-15-29(2)24(26)30(3)23-13-8-19(16-22(23)26)34-25(31)28-18-6-11-21(12-7-18)35(32,33)20-9-4-17(27)5-10-20/h4-13,16,24H,14-15,27H2,1-3H3,(H,28,31)/t24-,26+/m1/s1. The summed E-state index contributed by atoms with van der Waals surface area (Å²) in [4.78, 5) is 17.5. The Morgan fingerprint density at radius 2 is 1.66 bits per heavy atom. The van der Waals surface area contributed by atoms with E-state index in [0.717, 1.165) is 18.7 Å². The van der Waals surface area contributed by atoms with E-state index in [1.807, 2.05) is 12.1 Å². The fourth-order valence-corrected chi connectivity index (χ4v) is 6.63. The van der Waals surface area contributed by atoms with Crippen molar-refractivity contribution in [2.45, 2.75) is 34.7 Å². The second-order valence-electron chi connectivity index (χ2n) is 9.42. The van der Waals surface area contributed by atoms with E-state index in [9.17, 15) is 13.2 Å². The molecule has 2 aliphatic heterocycles. The monoisotopic (exact) mass is 492 g/mol. The fourth-order valence-electron chi connectivity index (χ4n) is 5.37. The van der Waals surface area contributed by atoms with Gasteiger partial charge < -0.3 is 15.4 Å². The van der Waals surface area contributed by atoms with Gasteiger partial charge in [0.2, 0.25) is 9.84 Å². The Kier molecular flexibility index (Phi) is 5.49. The number of amides is 1. The van der Waals surface area contributed by atoms with Gasteiger partial charge in [-0.05, 0) is 85.8 Å². The topological polar surface area (TPSA) is 105 Å². The van der Waals surface area contributed by atoms with Gasteiger partial charge in [-0.3, -0.25) is 10.2 Å². The van der Waals surface area contributed by atoms with Crippen LogP contribution >= 0.6 is 0 Å². The number of sulfone groups is 1. The van der Waals surface area contributed by atoms with Crippen molar-refractivity contribution in [2.75, 3.05) is 36.6 Å². The van der Waals surface area contributed by atoms with E-state index < -0.39 is 15.9 Å². The smallest absolute Gasteiger partial charge is 0.410 e. The van der Waals surface area contributed by atoms with E-state index in [4.69, 9.17) is 10.5 Å². The van der Waals surface area contributed by atoms with Gasteiger partial charge in [-0.2, -0.15) is 0 Å². The van der Waals surface area contributed by atoms with Crippen LogP contribution in [0.15, 0.2) is 76.5 Å². The van der Waals surface area contributed by atoms with E-state index in [1.54, 1.807) is 18.2 Å². The maximum atomic E-state index is 12.8. The third-order valence-electron chi connectivity index (χ3n) is 7.11. The van der Waals surface area contributed by atoms with Gasteiger partial charge in [0.05, 0.1) is 16.0 Å². The van der Waals surface area contributed by atoms with Gasteiger partial charge in [-0.15, -0.1) is 0 Å². The highest BCUT2D eigenvalue weighted by Gasteiger charge is 2.52. The van der Waals surface area contributed by atoms with Gasteiger partial charge in [0.1, 0.15) is 5.75 Å². The first kappa shape index (κ1) is 23.2. The molecule has 0 aliphatic carbocycles. The molecule has 3 aromatic carbocycles. The molecule has 0 unspecified atom stereocenters. The summed E-state index contributed by atoms with van der Waals surface area (Å²) in [6.07, 6.45) is 0.674. The van der Waals surface area contributed by atoms with Crippen LogP contribution < -0.4 is 20.7 Å². The number of nitrogens with zero attached hydrogens (tertiary/aromatic N) is 2. The normalized spacial score (nSPS) is 21.5. The number of likely N-dealkylation sites (N-methyl/N-ethyl adjacent to an activating group) is 2. The van der Waals surface area contributed by atoms with Crippen LogP contribution in [-0.4, -0.2) is 46.2 Å². The Hall–Kier alpha value is -3.56. The lowest BCUT2D eigenvalue weighted by Gasteiger charge is -2.32. The summed E-state index contributed by atoms with van der Waals surface area (Å²) in [5.74, 6) is 0.466. The Morgan fingerprint density at radius 3 is 2.31 bits per heavy atom. The molecule has 35 heavy (non-hydrogen) atoms. The number of hydrogen-bond acceptors (Lipinski definition) is 7. The zero-order valence-electron chi connectivity index (χ0n) is 19.9. The number of carbonyl (C=O) groups is 1. The maximum absolute atomic E-state index is 12.8. The Labute approximate surface area is 205 Å². The summed E-state index contributed by atoms with van der Waals surface area (Å²) < 4.78 is 31.2. The molecule has 0 spiro atoms. The lowest BCUT2D eigenvalue weighted by molar-refractivity contribution is 0.215. The van der Waals surface area contributed by atoms with E-state index in [-0.39, 0.29) is 21.4 Å². The van der Waals surface area contributed by atoms with Crippen molar-refractivity contribution in [1.82, 2.24) is 4.90 Å². The molecule has 0 saturated carbocycles. The third kappa shape index (κ3) is 3.90. The Balaban J connectivity index is 1.29. The van der Waals surface area contributed by atoms with Crippen molar-refractivity contribution < 1.29 is 17.9 Å². The van der Waals surface area contributed by atoms with Crippen molar-refractivity contribution in [3.8, 4) is 5.75 Å². The molecule has 3 aromatic rings. The number of benzene rings is 3. The number of nitrogen functional groups attached to an aromatic ring is 1. The molecule has 8 nitrogen and oxygen atoms in total. The summed E-state index contributed by atoms with van der Waals surface area (Å²) in [5, 5.41) is 2.66. The summed E-state index contributed by atoms with van der Waals surface area (Å²) in [6.45, 7) is 3.27. The van der Waals surface area contributed by atoms with Gasteiger partial charge in [-0.1, -0.05) is 6.92 Å². The van der Waals surface area contributed by atoms with Crippen molar-refractivity contribution >= 4 is 33.0 Å². The summed E-state index contributed by atoms with van der Waals surface area (Å²) in [5.41, 5.74) is 8.86.